The molecule has 1 amide bonds. The molecule has 1 saturated carbocycles. The van der Waals surface area contributed by atoms with Gasteiger partial charge in [-0.1, -0.05) is 17.4 Å². The SMILES string of the molecule is COc1cccc(OC)c1-c1cc(C(=O)Nc2nnc(-n3nccc3N)s2)oc(=O)c1OC[C@]1(O)CCC[C@H]1OC. The van der Waals surface area contributed by atoms with E-state index in [-0.39, 0.29) is 28.8 Å². The zero-order valence-electron chi connectivity index (χ0n) is 22.4. The number of nitrogen functional groups attached to an aromatic ring is 1. The summed E-state index contributed by atoms with van der Waals surface area (Å²) in [5.74, 6) is -0.289. The zero-order valence-corrected chi connectivity index (χ0v) is 23.3. The summed E-state index contributed by atoms with van der Waals surface area (Å²) in [6.45, 7) is -0.240. The molecule has 1 aliphatic rings. The number of carbonyl (C=O) groups excluding carboxylic acids is 1. The molecule has 0 aliphatic heterocycles. The van der Waals surface area contributed by atoms with Gasteiger partial charge in [-0.15, -0.1) is 10.2 Å². The summed E-state index contributed by atoms with van der Waals surface area (Å²) in [5.41, 5.74) is 4.12. The number of nitrogens with one attached hydrogen (secondary N) is 1. The Labute approximate surface area is 237 Å². The van der Waals surface area contributed by atoms with Crippen LogP contribution in [0.15, 0.2) is 45.7 Å². The predicted octanol–water partition coefficient (Wildman–Crippen LogP) is 2.50. The van der Waals surface area contributed by atoms with Crippen molar-refractivity contribution in [2.75, 3.05) is 39.0 Å². The Kier molecular flexibility index (Phi) is 7.92. The van der Waals surface area contributed by atoms with Crippen LogP contribution in [0.1, 0.15) is 29.8 Å². The number of aliphatic hydroxyl groups is 1. The van der Waals surface area contributed by atoms with E-state index in [9.17, 15) is 14.7 Å². The first kappa shape index (κ1) is 28.1. The summed E-state index contributed by atoms with van der Waals surface area (Å²) in [4.78, 5) is 26.6. The number of aromatic nitrogens is 4. The van der Waals surface area contributed by atoms with Crippen molar-refractivity contribution in [2.24, 2.45) is 0 Å². The molecule has 0 spiro atoms. The van der Waals surface area contributed by atoms with Gasteiger partial charge in [0.05, 0.1) is 32.1 Å². The van der Waals surface area contributed by atoms with Gasteiger partial charge in [-0.2, -0.15) is 9.78 Å². The molecular weight excluding hydrogens is 556 g/mol. The van der Waals surface area contributed by atoms with Crippen LogP contribution < -0.4 is 30.9 Å². The number of hydrogen-bond donors (Lipinski definition) is 3. The number of methoxy groups -OCH3 is 3. The average molecular weight is 585 g/mol. The third-order valence-electron chi connectivity index (χ3n) is 6.74. The van der Waals surface area contributed by atoms with E-state index in [1.165, 1.54) is 38.3 Å². The average Bonchev–Trinajstić information content (AvgIpc) is 3.71. The molecule has 0 radical (unpaired) electrons. The zero-order chi connectivity index (χ0) is 29.1. The highest BCUT2D eigenvalue weighted by atomic mass is 32.1. The third kappa shape index (κ3) is 5.46. The Bertz CT molecular complexity index is 1600. The fourth-order valence-electron chi connectivity index (χ4n) is 4.74. The third-order valence-corrected chi connectivity index (χ3v) is 7.56. The van der Waals surface area contributed by atoms with Crippen molar-refractivity contribution in [1.29, 1.82) is 0 Å². The molecule has 4 N–H and O–H groups in total. The van der Waals surface area contributed by atoms with Gasteiger partial charge in [-0.05, 0) is 37.5 Å². The first-order valence-corrected chi connectivity index (χ1v) is 13.3. The minimum absolute atomic E-state index is 0.119. The molecular formula is C26H28N6O8S. The second kappa shape index (κ2) is 11.6. The van der Waals surface area contributed by atoms with Gasteiger partial charge < -0.3 is 34.2 Å². The number of benzene rings is 1. The molecule has 3 aromatic heterocycles. The van der Waals surface area contributed by atoms with Gasteiger partial charge in [0.1, 0.15) is 29.5 Å². The first-order valence-electron chi connectivity index (χ1n) is 12.5. The van der Waals surface area contributed by atoms with Gasteiger partial charge in [0.25, 0.3) is 5.91 Å². The lowest BCUT2D eigenvalue weighted by Crippen LogP contribution is -2.44. The Hall–Kier alpha value is -4.47. The van der Waals surface area contributed by atoms with Crippen molar-refractivity contribution in [3.63, 3.8) is 0 Å². The molecule has 216 valence electrons. The Morgan fingerprint density at radius 1 is 1.24 bits per heavy atom. The molecule has 5 rings (SSSR count). The largest absolute Gasteiger partial charge is 0.496 e. The van der Waals surface area contributed by atoms with Crippen molar-refractivity contribution >= 4 is 28.2 Å². The summed E-state index contributed by atoms with van der Waals surface area (Å²) < 4.78 is 29.2. The Balaban J connectivity index is 1.52. The van der Waals surface area contributed by atoms with Crippen LogP contribution in [0.2, 0.25) is 0 Å². The van der Waals surface area contributed by atoms with E-state index in [0.29, 0.717) is 40.9 Å². The summed E-state index contributed by atoms with van der Waals surface area (Å²) in [6, 6.07) is 7.99. The van der Waals surface area contributed by atoms with Gasteiger partial charge in [-0.25, -0.2) is 4.79 Å². The van der Waals surface area contributed by atoms with Crippen LogP contribution in [-0.4, -0.2) is 70.6 Å². The topological polar surface area (TPSA) is 186 Å². The monoisotopic (exact) mass is 584 g/mol. The second-order valence-corrected chi connectivity index (χ2v) is 10.2. The van der Waals surface area contributed by atoms with Crippen LogP contribution >= 0.6 is 11.3 Å². The highest BCUT2D eigenvalue weighted by molar-refractivity contribution is 7.17. The lowest BCUT2D eigenvalue weighted by Gasteiger charge is -2.29. The number of amides is 1. The van der Waals surface area contributed by atoms with Crippen LogP contribution in [0.4, 0.5) is 10.9 Å². The van der Waals surface area contributed by atoms with Gasteiger partial charge in [0.15, 0.2) is 5.76 Å². The number of hydrogen-bond acceptors (Lipinski definition) is 13. The summed E-state index contributed by atoms with van der Waals surface area (Å²) >= 11 is 1.01. The smallest absolute Gasteiger partial charge is 0.379 e. The van der Waals surface area contributed by atoms with E-state index >= 15 is 0 Å². The van der Waals surface area contributed by atoms with Crippen LogP contribution in [0.5, 0.6) is 17.2 Å². The number of nitrogens with two attached hydrogens (primary N) is 1. The molecule has 3 heterocycles. The molecule has 0 unspecified atom stereocenters. The molecule has 1 aliphatic carbocycles. The molecule has 1 aromatic carbocycles. The molecule has 4 aromatic rings. The molecule has 1 fully saturated rings. The van der Waals surface area contributed by atoms with E-state index in [2.05, 4.69) is 20.6 Å². The van der Waals surface area contributed by atoms with Crippen LogP contribution in [-0.2, 0) is 4.74 Å². The van der Waals surface area contributed by atoms with Crippen molar-refractivity contribution in [3.8, 4) is 33.5 Å². The van der Waals surface area contributed by atoms with Crippen molar-refractivity contribution in [3.05, 3.63) is 52.7 Å². The maximum Gasteiger partial charge on any atom is 0.379 e. The fourth-order valence-corrected chi connectivity index (χ4v) is 5.46. The Morgan fingerprint density at radius 3 is 2.66 bits per heavy atom. The van der Waals surface area contributed by atoms with Crippen molar-refractivity contribution in [1.82, 2.24) is 20.0 Å². The number of rotatable bonds is 10. The summed E-state index contributed by atoms with van der Waals surface area (Å²) in [5, 5.41) is 26.1. The minimum Gasteiger partial charge on any atom is -0.496 e. The fraction of sp³-hybridized carbons (Fsp3) is 0.346. The van der Waals surface area contributed by atoms with E-state index in [4.69, 9.17) is 29.1 Å². The quantitative estimate of drug-likeness (QED) is 0.248. The molecule has 0 bridgehead atoms. The summed E-state index contributed by atoms with van der Waals surface area (Å²) in [7, 11) is 4.43. The van der Waals surface area contributed by atoms with Gasteiger partial charge in [-0.3, -0.25) is 10.1 Å². The second-order valence-electron chi connectivity index (χ2n) is 9.20. The highest BCUT2D eigenvalue weighted by Gasteiger charge is 2.43. The molecule has 15 heteroatoms. The van der Waals surface area contributed by atoms with E-state index < -0.39 is 23.2 Å². The van der Waals surface area contributed by atoms with Gasteiger partial charge in [0.2, 0.25) is 16.0 Å². The number of nitrogens with zero attached hydrogens (tertiary/aromatic N) is 4. The molecule has 41 heavy (non-hydrogen) atoms. The standard InChI is InChI=1S/C26H28N6O8S/c1-36-15-6-4-7-16(37-2)20(15)14-12-17(22(33)29-24-30-31-25(41-24)32-19(27)9-11-28-32)40-23(34)21(14)39-13-26(35)10-5-8-18(26)38-3/h4,6-7,9,11-12,18,35H,5,8,10,13,27H2,1-3H3,(H,29,30,33)/t18-,26-/m1/s1. The minimum atomic E-state index is -1.31. The van der Waals surface area contributed by atoms with Gasteiger partial charge >= 0.3 is 5.63 Å². The lowest BCUT2D eigenvalue weighted by molar-refractivity contribution is -0.0950. The molecule has 2 atom stereocenters. The number of carbonyl (C=O) groups is 1. The van der Waals surface area contributed by atoms with Crippen LogP contribution in [0.25, 0.3) is 16.3 Å². The first-order chi connectivity index (χ1) is 19.8. The van der Waals surface area contributed by atoms with E-state index in [0.717, 1.165) is 17.8 Å². The van der Waals surface area contributed by atoms with E-state index in [1.54, 1.807) is 24.3 Å². The number of ether oxygens (including phenoxy) is 4. The number of anilines is 2. The van der Waals surface area contributed by atoms with Crippen molar-refractivity contribution in [2.45, 2.75) is 31.0 Å². The predicted molar refractivity (Wildman–Crippen MR) is 148 cm³/mol. The normalized spacial score (nSPS) is 18.3. The van der Waals surface area contributed by atoms with Crippen LogP contribution in [0, 0.1) is 0 Å². The molecule has 14 nitrogen and oxygen atoms in total. The van der Waals surface area contributed by atoms with Crippen molar-refractivity contribution < 1.29 is 33.3 Å². The van der Waals surface area contributed by atoms with Gasteiger partial charge in [0, 0.05) is 18.7 Å². The molecule has 0 saturated heterocycles. The highest BCUT2D eigenvalue weighted by Crippen LogP contribution is 2.43. The summed E-state index contributed by atoms with van der Waals surface area (Å²) in [6.07, 6.45) is 2.86. The maximum atomic E-state index is 13.3. The Morgan fingerprint density at radius 2 is 2.00 bits per heavy atom. The van der Waals surface area contributed by atoms with Crippen LogP contribution in [0.3, 0.4) is 0 Å². The van der Waals surface area contributed by atoms with E-state index in [1.807, 2.05) is 0 Å². The lowest BCUT2D eigenvalue weighted by atomic mass is 10.0. The maximum absolute atomic E-state index is 13.3.